The summed E-state index contributed by atoms with van der Waals surface area (Å²) in [6.45, 7) is 2.27. The average Bonchev–Trinajstić information content (AvgIpc) is 2.48. The third-order valence-electron chi connectivity index (χ3n) is 3.12. The van der Waals surface area contributed by atoms with E-state index in [0.717, 1.165) is 21.3 Å². The second kappa shape index (κ2) is 7.09. The molecule has 0 aliphatic rings. The van der Waals surface area contributed by atoms with E-state index in [1.807, 2.05) is 25.1 Å². The molecule has 0 heterocycles. The number of hydrogen-bond acceptors (Lipinski definition) is 2. The fraction of sp³-hybridized carbons (Fsp3) is 0.125. The summed E-state index contributed by atoms with van der Waals surface area (Å²) < 4.78 is 0.967. The molecule has 0 aliphatic heterocycles. The number of amides is 3. The van der Waals surface area contributed by atoms with Gasteiger partial charge in [-0.3, -0.25) is 4.79 Å². The Labute approximate surface area is 137 Å². The highest BCUT2D eigenvalue weighted by atomic mass is 79.9. The first-order valence-electron chi connectivity index (χ1n) is 6.65. The summed E-state index contributed by atoms with van der Waals surface area (Å²) in [6.07, 6.45) is 0. The van der Waals surface area contributed by atoms with Gasteiger partial charge in [0.2, 0.25) is 0 Å². The number of carbonyl (C=O) groups excluding carboxylic acids is 2. The zero-order valence-electron chi connectivity index (χ0n) is 12.0. The van der Waals surface area contributed by atoms with Gasteiger partial charge in [-0.2, -0.15) is 0 Å². The summed E-state index contributed by atoms with van der Waals surface area (Å²) in [7, 11) is 0. The molecule has 2 rings (SSSR count). The van der Waals surface area contributed by atoms with Crippen LogP contribution in [0.15, 0.2) is 46.9 Å². The topological polar surface area (TPSA) is 84.2 Å². The first kappa shape index (κ1) is 16.0. The van der Waals surface area contributed by atoms with Crippen LogP contribution in [0.25, 0.3) is 0 Å². The Morgan fingerprint density at radius 3 is 2.41 bits per heavy atom. The van der Waals surface area contributed by atoms with E-state index in [9.17, 15) is 9.59 Å². The molecule has 114 valence electrons. The van der Waals surface area contributed by atoms with Crippen LogP contribution in [-0.2, 0) is 6.54 Å². The molecule has 0 bridgehead atoms. The fourth-order valence-electron chi connectivity index (χ4n) is 1.92. The second-order valence-electron chi connectivity index (χ2n) is 4.83. The van der Waals surface area contributed by atoms with Crippen LogP contribution in [0.4, 0.5) is 10.5 Å². The Hall–Kier alpha value is -2.34. The lowest BCUT2D eigenvalue weighted by molar-refractivity contribution is 0.102. The number of rotatable bonds is 4. The van der Waals surface area contributed by atoms with Crippen LogP contribution in [0.1, 0.15) is 21.5 Å². The molecule has 5 nitrogen and oxygen atoms in total. The summed E-state index contributed by atoms with van der Waals surface area (Å²) in [5.74, 6) is -0.181. The van der Waals surface area contributed by atoms with Crippen LogP contribution in [0.5, 0.6) is 0 Å². The van der Waals surface area contributed by atoms with E-state index in [0.29, 0.717) is 12.1 Å². The monoisotopic (exact) mass is 361 g/mol. The summed E-state index contributed by atoms with van der Waals surface area (Å²) in [4.78, 5) is 22.9. The summed E-state index contributed by atoms with van der Waals surface area (Å²) in [6, 6.07) is 12.1. The van der Waals surface area contributed by atoms with Gasteiger partial charge in [0.25, 0.3) is 5.91 Å². The van der Waals surface area contributed by atoms with Crippen LogP contribution < -0.4 is 16.4 Å². The highest BCUT2D eigenvalue weighted by Crippen LogP contribution is 2.20. The number of anilines is 1. The smallest absolute Gasteiger partial charge is 0.312 e. The van der Waals surface area contributed by atoms with Crippen LogP contribution in [-0.4, -0.2) is 11.9 Å². The maximum atomic E-state index is 12.2. The molecule has 2 aromatic carbocycles. The van der Waals surface area contributed by atoms with E-state index < -0.39 is 6.03 Å². The molecule has 0 saturated heterocycles. The minimum atomic E-state index is -0.576. The molecule has 2 aromatic rings. The third kappa shape index (κ3) is 4.33. The van der Waals surface area contributed by atoms with Gasteiger partial charge in [0.05, 0.1) is 0 Å². The van der Waals surface area contributed by atoms with Gasteiger partial charge in [0, 0.05) is 22.3 Å². The Balaban J connectivity index is 2.04. The molecule has 0 aromatic heterocycles. The minimum Gasteiger partial charge on any atom is -0.352 e. The molecule has 0 unspecified atom stereocenters. The summed E-state index contributed by atoms with van der Waals surface area (Å²) in [5, 5.41) is 5.37. The van der Waals surface area contributed by atoms with Crippen molar-refractivity contribution in [2.75, 3.05) is 5.32 Å². The van der Waals surface area contributed by atoms with Gasteiger partial charge in [-0.1, -0.05) is 28.1 Å². The molecule has 0 fully saturated rings. The zero-order valence-corrected chi connectivity index (χ0v) is 13.6. The highest BCUT2D eigenvalue weighted by Gasteiger charge is 2.08. The molecule has 0 radical (unpaired) electrons. The van der Waals surface area contributed by atoms with Crippen molar-refractivity contribution in [2.45, 2.75) is 13.5 Å². The number of carbonyl (C=O) groups is 2. The number of primary amides is 1. The van der Waals surface area contributed by atoms with Crippen molar-refractivity contribution < 1.29 is 9.59 Å². The van der Waals surface area contributed by atoms with E-state index in [2.05, 4.69) is 26.6 Å². The van der Waals surface area contributed by atoms with Gasteiger partial charge in [-0.15, -0.1) is 0 Å². The van der Waals surface area contributed by atoms with E-state index in [1.54, 1.807) is 24.3 Å². The maximum absolute atomic E-state index is 12.2. The predicted molar refractivity (Wildman–Crippen MR) is 89.7 cm³/mol. The first-order valence-corrected chi connectivity index (χ1v) is 7.45. The molecular weight excluding hydrogens is 346 g/mol. The van der Waals surface area contributed by atoms with Crippen molar-refractivity contribution in [1.29, 1.82) is 0 Å². The van der Waals surface area contributed by atoms with E-state index in [1.165, 1.54) is 0 Å². The zero-order chi connectivity index (χ0) is 16.1. The Bertz CT molecular complexity index is 699. The number of halogens is 1. The predicted octanol–water partition coefficient (Wildman–Crippen LogP) is 3.18. The lowest BCUT2D eigenvalue weighted by atomic mass is 10.1. The second-order valence-corrected chi connectivity index (χ2v) is 5.74. The Kier molecular flexibility index (Phi) is 5.16. The average molecular weight is 362 g/mol. The van der Waals surface area contributed by atoms with Crippen LogP contribution >= 0.6 is 15.9 Å². The van der Waals surface area contributed by atoms with Crippen molar-refractivity contribution in [2.24, 2.45) is 5.73 Å². The van der Waals surface area contributed by atoms with Gasteiger partial charge < -0.3 is 16.4 Å². The minimum absolute atomic E-state index is 0.181. The van der Waals surface area contributed by atoms with E-state index in [-0.39, 0.29) is 5.91 Å². The highest BCUT2D eigenvalue weighted by molar-refractivity contribution is 9.10. The third-order valence-corrected chi connectivity index (χ3v) is 3.61. The SMILES string of the molecule is Cc1cc(Br)ccc1NC(=O)c1ccc(CNC(N)=O)cc1. The van der Waals surface area contributed by atoms with Crippen molar-refractivity contribution in [3.8, 4) is 0 Å². The first-order chi connectivity index (χ1) is 10.5. The number of benzene rings is 2. The standard InChI is InChI=1S/C16H16BrN3O2/c1-10-8-13(17)6-7-14(10)20-15(21)12-4-2-11(3-5-12)9-19-16(18)22/h2-8H,9H2,1H3,(H,20,21)(H3,18,19,22). The van der Waals surface area contributed by atoms with E-state index in [4.69, 9.17) is 5.73 Å². The molecule has 0 spiro atoms. The van der Waals surface area contributed by atoms with Crippen molar-refractivity contribution in [3.05, 3.63) is 63.6 Å². The van der Waals surface area contributed by atoms with Gasteiger partial charge in [-0.25, -0.2) is 4.79 Å². The molecule has 6 heteroatoms. The van der Waals surface area contributed by atoms with Gasteiger partial charge in [0.15, 0.2) is 0 Å². The number of urea groups is 1. The maximum Gasteiger partial charge on any atom is 0.312 e. The Morgan fingerprint density at radius 2 is 1.82 bits per heavy atom. The normalized spacial score (nSPS) is 10.1. The molecule has 0 aliphatic carbocycles. The Morgan fingerprint density at radius 1 is 1.14 bits per heavy atom. The van der Waals surface area contributed by atoms with Crippen molar-refractivity contribution in [3.63, 3.8) is 0 Å². The fourth-order valence-corrected chi connectivity index (χ4v) is 2.40. The largest absolute Gasteiger partial charge is 0.352 e. The van der Waals surface area contributed by atoms with Gasteiger partial charge >= 0.3 is 6.03 Å². The summed E-state index contributed by atoms with van der Waals surface area (Å²) >= 11 is 3.39. The van der Waals surface area contributed by atoms with Crippen LogP contribution in [0.2, 0.25) is 0 Å². The molecule has 0 saturated carbocycles. The lowest BCUT2D eigenvalue weighted by Crippen LogP contribution is -2.28. The number of nitrogens with two attached hydrogens (primary N) is 1. The van der Waals surface area contributed by atoms with Crippen molar-refractivity contribution in [1.82, 2.24) is 5.32 Å². The van der Waals surface area contributed by atoms with Crippen LogP contribution in [0, 0.1) is 6.92 Å². The van der Waals surface area contributed by atoms with Crippen LogP contribution in [0.3, 0.4) is 0 Å². The number of aryl methyl sites for hydroxylation is 1. The molecule has 3 amide bonds. The van der Waals surface area contributed by atoms with Gasteiger partial charge in [0.1, 0.15) is 0 Å². The lowest BCUT2D eigenvalue weighted by Gasteiger charge is -2.09. The molecule has 22 heavy (non-hydrogen) atoms. The number of hydrogen-bond donors (Lipinski definition) is 3. The molecule has 4 N–H and O–H groups in total. The quantitative estimate of drug-likeness (QED) is 0.781. The molecular formula is C16H16BrN3O2. The van der Waals surface area contributed by atoms with Gasteiger partial charge in [-0.05, 0) is 48.4 Å². The number of nitrogens with one attached hydrogen (secondary N) is 2. The van der Waals surface area contributed by atoms with E-state index >= 15 is 0 Å². The molecule has 0 atom stereocenters. The van der Waals surface area contributed by atoms with Crippen molar-refractivity contribution >= 4 is 33.6 Å². The summed E-state index contributed by atoms with van der Waals surface area (Å²) in [5.41, 5.74) is 8.18.